The number of cyclic esters (lactones) is 1. The summed E-state index contributed by atoms with van der Waals surface area (Å²) in [5.74, 6) is 1.05. The van der Waals surface area contributed by atoms with E-state index in [0.717, 1.165) is 23.4 Å². The highest BCUT2D eigenvalue weighted by Gasteiger charge is 2.23. The van der Waals surface area contributed by atoms with Gasteiger partial charge in [-0.1, -0.05) is 19.9 Å². The average molecular weight is 378 g/mol. The summed E-state index contributed by atoms with van der Waals surface area (Å²) in [5.41, 5.74) is 2.58. The maximum Gasteiger partial charge on any atom is 0.414 e. The Balaban J connectivity index is 1.56. The number of rotatable bonds is 5. The summed E-state index contributed by atoms with van der Waals surface area (Å²) >= 11 is 0. The third kappa shape index (κ3) is 3.43. The zero-order valence-corrected chi connectivity index (χ0v) is 15.9. The number of aromatic nitrogens is 2. The minimum absolute atomic E-state index is 0.257. The lowest BCUT2D eigenvalue weighted by Gasteiger charge is -2.13. The van der Waals surface area contributed by atoms with Crippen molar-refractivity contribution >= 4 is 28.9 Å². The molecule has 28 heavy (non-hydrogen) atoms. The van der Waals surface area contributed by atoms with E-state index in [9.17, 15) is 9.59 Å². The van der Waals surface area contributed by atoms with Crippen LogP contribution in [0.5, 0.6) is 0 Å². The van der Waals surface area contributed by atoms with Gasteiger partial charge in [0.1, 0.15) is 12.4 Å². The van der Waals surface area contributed by atoms with Crippen molar-refractivity contribution in [1.29, 1.82) is 0 Å². The maximum absolute atomic E-state index is 12.8. The molecule has 144 valence electrons. The van der Waals surface area contributed by atoms with E-state index in [0.29, 0.717) is 30.5 Å². The van der Waals surface area contributed by atoms with Crippen LogP contribution in [0.15, 0.2) is 48.7 Å². The second kappa shape index (κ2) is 7.34. The number of carbonyl (C=O) groups is 2. The van der Waals surface area contributed by atoms with Crippen molar-refractivity contribution in [3.05, 3.63) is 60.2 Å². The van der Waals surface area contributed by atoms with Crippen molar-refractivity contribution in [3.8, 4) is 0 Å². The van der Waals surface area contributed by atoms with Gasteiger partial charge in [-0.2, -0.15) is 0 Å². The van der Waals surface area contributed by atoms with Gasteiger partial charge < -0.3 is 14.5 Å². The second-order valence-corrected chi connectivity index (χ2v) is 7.20. The van der Waals surface area contributed by atoms with Crippen molar-refractivity contribution in [2.75, 3.05) is 23.4 Å². The Bertz CT molecular complexity index is 1020. The smallest absolute Gasteiger partial charge is 0.414 e. The zero-order chi connectivity index (χ0) is 19.7. The van der Waals surface area contributed by atoms with E-state index in [-0.39, 0.29) is 12.0 Å². The number of hydrogen-bond donors (Lipinski definition) is 1. The molecule has 0 spiro atoms. The predicted octanol–water partition coefficient (Wildman–Crippen LogP) is 3.74. The molecule has 0 atom stereocenters. The molecule has 7 nitrogen and oxygen atoms in total. The van der Waals surface area contributed by atoms with Gasteiger partial charge in [0, 0.05) is 24.0 Å². The van der Waals surface area contributed by atoms with Gasteiger partial charge in [-0.05, 0) is 42.3 Å². The Morgan fingerprint density at radius 3 is 2.68 bits per heavy atom. The monoisotopic (exact) mass is 378 g/mol. The van der Waals surface area contributed by atoms with E-state index in [1.54, 1.807) is 29.2 Å². The first-order valence-corrected chi connectivity index (χ1v) is 9.34. The lowest BCUT2D eigenvalue weighted by molar-refractivity contribution is 0.102. The summed E-state index contributed by atoms with van der Waals surface area (Å²) in [7, 11) is 0. The molecule has 1 aliphatic heterocycles. The van der Waals surface area contributed by atoms with Gasteiger partial charge in [0.05, 0.1) is 12.1 Å². The summed E-state index contributed by atoms with van der Waals surface area (Å²) in [6.07, 6.45) is 2.37. The molecule has 0 radical (unpaired) electrons. The molecule has 1 fully saturated rings. The molecular formula is C21H22N4O3. The molecule has 0 aliphatic carbocycles. The van der Waals surface area contributed by atoms with Crippen molar-refractivity contribution in [2.45, 2.75) is 20.3 Å². The topological polar surface area (TPSA) is 75.9 Å². The number of ether oxygens (including phenoxy) is 1. The van der Waals surface area contributed by atoms with Crippen molar-refractivity contribution in [1.82, 2.24) is 9.38 Å². The summed E-state index contributed by atoms with van der Waals surface area (Å²) < 4.78 is 6.92. The molecule has 3 heterocycles. The predicted molar refractivity (Wildman–Crippen MR) is 107 cm³/mol. The molecule has 1 saturated heterocycles. The van der Waals surface area contributed by atoms with Crippen LogP contribution in [0.3, 0.4) is 0 Å². The fraction of sp³-hybridized carbons (Fsp3) is 0.286. The van der Waals surface area contributed by atoms with Crippen molar-refractivity contribution in [2.24, 2.45) is 5.92 Å². The quantitative estimate of drug-likeness (QED) is 0.734. The molecule has 1 aromatic carbocycles. The minimum Gasteiger partial charge on any atom is -0.447 e. The molecule has 2 aromatic heterocycles. The normalized spacial score (nSPS) is 14.0. The molecule has 1 aliphatic rings. The van der Waals surface area contributed by atoms with Crippen LogP contribution in [0, 0.1) is 5.92 Å². The van der Waals surface area contributed by atoms with Crippen molar-refractivity contribution in [3.63, 3.8) is 0 Å². The standard InChI is InChI=1S/C21H22N4O3/c1-14(2)13-18-23-19(17-5-3-4-10-25(17)18)20(26)22-15-6-8-16(9-7-15)24-11-12-28-21(24)27/h3-10,14H,11-13H2,1-2H3,(H,22,26). The Labute approximate surface area is 162 Å². The molecule has 2 amide bonds. The second-order valence-electron chi connectivity index (χ2n) is 7.20. The lowest BCUT2D eigenvalue weighted by Crippen LogP contribution is -2.23. The van der Waals surface area contributed by atoms with Gasteiger partial charge in [0.15, 0.2) is 5.69 Å². The van der Waals surface area contributed by atoms with Crippen LogP contribution < -0.4 is 10.2 Å². The number of nitrogens with zero attached hydrogens (tertiary/aromatic N) is 3. The number of pyridine rings is 1. The number of anilines is 2. The summed E-state index contributed by atoms with van der Waals surface area (Å²) in [6, 6.07) is 12.8. The Hall–Kier alpha value is -3.35. The minimum atomic E-state index is -0.348. The number of amides is 2. The van der Waals surface area contributed by atoms with E-state index in [1.807, 2.05) is 28.8 Å². The van der Waals surface area contributed by atoms with Gasteiger partial charge >= 0.3 is 6.09 Å². The van der Waals surface area contributed by atoms with E-state index in [2.05, 4.69) is 24.1 Å². The van der Waals surface area contributed by atoms with Crippen LogP contribution in [0.1, 0.15) is 30.2 Å². The zero-order valence-electron chi connectivity index (χ0n) is 15.9. The average Bonchev–Trinajstić information content (AvgIpc) is 3.26. The summed E-state index contributed by atoms with van der Waals surface area (Å²) in [4.78, 5) is 30.7. The molecule has 4 rings (SSSR count). The van der Waals surface area contributed by atoms with E-state index >= 15 is 0 Å². The Kier molecular flexibility index (Phi) is 4.73. The van der Waals surface area contributed by atoms with Gasteiger partial charge in [-0.3, -0.25) is 9.69 Å². The summed E-state index contributed by atoms with van der Waals surface area (Å²) in [5, 5.41) is 2.90. The molecular weight excluding hydrogens is 356 g/mol. The van der Waals surface area contributed by atoms with Gasteiger partial charge in [-0.15, -0.1) is 0 Å². The number of nitrogens with one attached hydrogen (secondary N) is 1. The van der Waals surface area contributed by atoms with Crippen molar-refractivity contribution < 1.29 is 14.3 Å². The van der Waals surface area contributed by atoms with Crippen LogP contribution in [0.4, 0.5) is 16.2 Å². The molecule has 7 heteroatoms. The van der Waals surface area contributed by atoms with Crippen LogP contribution in [-0.4, -0.2) is 34.5 Å². The first kappa shape index (κ1) is 18.0. The summed E-state index contributed by atoms with van der Waals surface area (Å²) in [6.45, 7) is 5.18. The first-order valence-electron chi connectivity index (χ1n) is 9.34. The van der Waals surface area contributed by atoms with Crippen LogP contribution in [0.25, 0.3) is 5.52 Å². The number of benzene rings is 1. The Morgan fingerprint density at radius 1 is 1.21 bits per heavy atom. The van der Waals surface area contributed by atoms with E-state index < -0.39 is 0 Å². The fourth-order valence-corrected chi connectivity index (χ4v) is 3.32. The fourth-order valence-electron chi connectivity index (χ4n) is 3.32. The van der Waals surface area contributed by atoms with Gasteiger partial charge in [0.2, 0.25) is 0 Å². The Morgan fingerprint density at radius 2 is 2.00 bits per heavy atom. The highest BCUT2D eigenvalue weighted by atomic mass is 16.6. The first-order chi connectivity index (χ1) is 13.5. The molecule has 3 aromatic rings. The van der Waals surface area contributed by atoms with E-state index in [4.69, 9.17) is 4.74 Å². The lowest BCUT2D eigenvalue weighted by atomic mass is 10.1. The molecule has 0 saturated carbocycles. The number of fused-ring (bicyclic) bond motifs is 1. The van der Waals surface area contributed by atoms with Crippen LogP contribution >= 0.6 is 0 Å². The molecule has 0 unspecified atom stereocenters. The number of carbonyl (C=O) groups excluding carboxylic acids is 2. The largest absolute Gasteiger partial charge is 0.447 e. The third-order valence-corrected chi connectivity index (χ3v) is 4.63. The van der Waals surface area contributed by atoms with E-state index in [1.165, 1.54) is 0 Å². The maximum atomic E-state index is 12.8. The van der Waals surface area contributed by atoms with Crippen LogP contribution in [-0.2, 0) is 11.2 Å². The van der Waals surface area contributed by atoms with Crippen LogP contribution in [0.2, 0.25) is 0 Å². The van der Waals surface area contributed by atoms with Gasteiger partial charge in [0.25, 0.3) is 5.91 Å². The third-order valence-electron chi connectivity index (χ3n) is 4.63. The molecule has 0 bridgehead atoms. The highest BCUT2D eigenvalue weighted by Crippen LogP contribution is 2.22. The number of imidazole rings is 1. The number of hydrogen-bond acceptors (Lipinski definition) is 4. The highest BCUT2D eigenvalue weighted by molar-refractivity contribution is 6.07. The molecule has 1 N–H and O–H groups in total. The SMILES string of the molecule is CC(C)Cc1nc(C(=O)Nc2ccc(N3CCOC3=O)cc2)c2ccccn12. The van der Waals surface area contributed by atoms with Gasteiger partial charge in [-0.25, -0.2) is 9.78 Å².